The molecule has 0 aliphatic carbocycles. The van der Waals surface area contributed by atoms with E-state index in [1.165, 1.54) is 76.7 Å². The zero-order chi connectivity index (χ0) is 25.6. The van der Waals surface area contributed by atoms with Crippen LogP contribution in [0, 0.1) is 0 Å². The molecule has 0 saturated carbocycles. The van der Waals surface area contributed by atoms with Gasteiger partial charge in [0.05, 0.1) is 37.4 Å². The Hall–Kier alpha value is -1.92. The Bertz CT molecular complexity index is 812. The molecule has 0 N–H and O–H groups in total. The molecule has 0 aromatic heterocycles. The van der Waals surface area contributed by atoms with Gasteiger partial charge >= 0.3 is 0 Å². The molecule has 6 nitrogen and oxygen atoms in total. The predicted molar refractivity (Wildman–Crippen MR) is 136 cm³/mol. The van der Waals surface area contributed by atoms with Crippen LogP contribution in [0.15, 0.2) is 12.1 Å². The number of carboxylic acids is 2. The highest BCUT2D eigenvalue weighted by Gasteiger charge is 2.21. The third-order valence-electron chi connectivity index (χ3n) is 7.56. The third-order valence-corrected chi connectivity index (χ3v) is 7.56. The summed E-state index contributed by atoms with van der Waals surface area (Å²) in [5.74, 6) is -2.87. The number of benzene rings is 1. The lowest BCUT2D eigenvalue weighted by Gasteiger charge is -2.20. The van der Waals surface area contributed by atoms with Crippen molar-refractivity contribution >= 4 is 11.9 Å². The van der Waals surface area contributed by atoms with Crippen LogP contribution in [0.25, 0.3) is 0 Å². The average Bonchev–Trinajstić information content (AvgIpc) is 3.77. The normalized spacial score (nSPS) is 18.3. The first-order valence-electron chi connectivity index (χ1n) is 14.4. The predicted octanol–water partition coefficient (Wildman–Crippen LogP) is 4.54. The Morgan fingerprint density at radius 3 is 1.53 bits per heavy atom. The summed E-state index contributed by atoms with van der Waals surface area (Å²) in [7, 11) is 0. The van der Waals surface area contributed by atoms with Gasteiger partial charge < -0.3 is 29.3 Å². The van der Waals surface area contributed by atoms with E-state index < -0.39 is 11.9 Å². The summed E-state index contributed by atoms with van der Waals surface area (Å²) < 4.78 is 10.5. The summed E-state index contributed by atoms with van der Waals surface area (Å²) in [6.07, 6.45) is 20.9. The van der Waals surface area contributed by atoms with Gasteiger partial charge in [-0.05, 0) is 49.7 Å². The quantitative estimate of drug-likeness (QED) is 0.171. The van der Waals surface area contributed by atoms with Crippen molar-refractivity contribution in [3.8, 4) is 0 Å². The summed E-state index contributed by atoms with van der Waals surface area (Å²) in [4.78, 5) is 23.5. The maximum absolute atomic E-state index is 11.9. The van der Waals surface area contributed by atoms with Crippen LogP contribution in [-0.2, 0) is 22.3 Å². The number of hydrogen-bond acceptors (Lipinski definition) is 6. The summed E-state index contributed by atoms with van der Waals surface area (Å²) in [5.41, 5.74) is 1.16. The van der Waals surface area contributed by atoms with Crippen molar-refractivity contribution in [2.45, 2.75) is 128 Å². The van der Waals surface area contributed by atoms with Gasteiger partial charge in [0.1, 0.15) is 0 Å². The van der Waals surface area contributed by atoms with Crippen molar-refractivity contribution in [3.63, 3.8) is 0 Å². The van der Waals surface area contributed by atoms with Gasteiger partial charge in [-0.1, -0.05) is 89.2 Å². The van der Waals surface area contributed by atoms with Gasteiger partial charge in [0.15, 0.2) is 0 Å². The van der Waals surface area contributed by atoms with Crippen molar-refractivity contribution in [1.82, 2.24) is 0 Å². The van der Waals surface area contributed by atoms with Gasteiger partial charge in [-0.25, -0.2) is 0 Å². The number of unbranched alkanes of at least 4 members (excludes halogenated alkanes) is 12. The number of carbonyl (C=O) groups is 2. The van der Waals surface area contributed by atoms with E-state index in [9.17, 15) is 19.8 Å². The lowest BCUT2D eigenvalue weighted by Crippen LogP contribution is -2.31. The molecule has 1 aromatic rings. The Labute approximate surface area is 216 Å². The Morgan fingerprint density at radius 1 is 0.639 bits per heavy atom. The molecule has 0 spiro atoms. The second-order valence-corrected chi connectivity index (χ2v) is 10.6. The van der Waals surface area contributed by atoms with Crippen LogP contribution in [0.4, 0.5) is 0 Å². The highest BCUT2D eigenvalue weighted by molar-refractivity contribution is 6.01. The van der Waals surface area contributed by atoms with Gasteiger partial charge in [0.2, 0.25) is 0 Å². The lowest BCUT2D eigenvalue weighted by atomic mass is 9.89. The van der Waals surface area contributed by atoms with Gasteiger partial charge in [0.25, 0.3) is 0 Å². The number of hydrogen-bond donors (Lipinski definition) is 0. The monoisotopic (exact) mass is 500 g/mol. The molecule has 2 unspecified atom stereocenters. The van der Waals surface area contributed by atoms with Crippen molar-refractivity contribution in [2.24, 2.45) is 0 Å². The molecule has 3 rings (SSSR count). The Morgan fingerprint density at radius 2 is 1.08 bits per heavy atom. The number of aryl methyl sites for hydroxylation is 1. The smallest absolute Gasteiger partial charge is 0.0810 e. The van der Waals surface area contributed by atoms with Gasteiger partial charge in [-0.15, -0.1) is 0 Å². The summed E-state index contributed by atoms with van der Waals surface area (Å²) in [5, 5.41) is 23.5. The molecule has 2 aliphatic heterocycles. The van der Waals surface area contributed by atoms with E-state index in [1.54, 1.807) is 6.07 Å². The summed E-state index contributed by atoms with van der Waals surface area (Å²) >= 11 is 0. The highest BCUT2D eigenvalue weighted by atomic mass is 16.6. The van der Waals surface area contributed by atoms with Gasteiger partial charge in [-0.3, -0.25) is 0 Å². The number of carboxylic acid groups (broad SMARTS) is 2. The molecule has 2 aliphatic rings. The maximum Gasteiger partial charge on any atom is 0.0810 e. The van der Waals surface area contributed by atoms with E-state index in [2.05, 4.69) is 0 Å². The van der Waals surface area contributed by atoms with E-state index in [4.69, 9.17) is 9.47 Å². The molecular weight excluding hydrogens is 456 g/mol. The minimum Gasteiger partial charge on any atom is -0.545 e. The fourth-order valence-electron chi connectivity index (χ4n) is 5.21. The molecule has 6 heteroatoms. The fraction of sp³-hybridized carbons (Fsp3) is 0.733. The van der Waals surface area contributed by atoms with E-state index in [-0.39, 0.29) is 11.1 Å². The topological polar surface area (TPSA) is 105 Å². The summed E-state index contributed by atoms with van der Waals surface area (Å²) in [6.45, 7) is 1.88. The molecule has 2 fully saturated rings. The van der Waals surface area contributed by atoms with Gasteiger partial charge in [-0.2, -0.15) is 0 Å². The number of aromatic carboxylic acids is 2. The van der Waals surface area contributed by atoms with Crippen LogP contribution in [0.2, 0.25) is 0 Å². The first-order chi connectivity index (χ1) is 17.6. The Kier molecular flexibility index (Phi) is 12.8. The molecule has 2 atom stereocenters. The van der Waals surface area contributed by atoms with Gasteiger partial charge in [0, 0.05) is 11.1 Å². The Balaban J connectivity index is 1.40. The maximum atomic E-state index is 11.9. The minimum atomic E-state index is -1.45. The first-order valence-corrected chi connectivity index (χ1v) is 14.4. The zero-order valence-corrected chi connectivity index (χ0v) is 21.9. The molecule has 0 radical (unpaired) electrons. The number of carbonyl (C=O) groups excluding carboxylic acids is 2. The molecule has 2 saturated heterocycles. The third kappa shape index (κ3) is 11.0. The highest BCUT2D eigenvalue weighted by Crippen LogP contribution is 2.25. The standard InChI is InChI=1S/C30H46O6/c31-29(32)27-20-19-23(15-11-7-3-1-4-8-12-16-24-21-35-24)26(28(27)30(33)34)18-14-10-6-2-5-9-13-17-25-22-36-25/h19-20,24-25H,1-18,21-22H2,(H,31,32)(H,33,34)/p-2. The summed E-state index contributed by atoms with van der Waals surface area (Å²) in [6, 6.07) is 3.17. The molecule has 202 valence electrons. The number of ether oxygens (including phenoxy) is 2. The van der Waals surface area contributed by atoms with E-state index >= 15 is 0 Å². The zero-order valence-electron chi connectivity index (χ0n) is 21.9. The molecule has 1 aromatic carbocycles. The van der Waals surface area contributed by atoms with Crippen LogP contribution >= 0.6 is 0 Å². The average molecular weight is 501 g/mol. The van der Waals surface area contributed by atoms with E-state index in [1.807, 2.05) is 0 Å². The van der Waals surface area contributed by atoms with Crippen LogP contribution in [0.1, 0.15) is 135 Å². The van der Waals surface area contributed by atoms with Crippen LogP contribution in [-0.4, -0.2) is 37.4 Å². The number of rotatable bonds is 22. The van der Waals surface area contributed by atoms with Crippen molar-refractivity contribution in [3.05, 3.63) is 34.4 Å². The largest absolute Gasteiger partial charge is 0.545 e. The van der Waals surface area contributed by atoms with E-state index in [0.29, 0.717) is 24.2 Å². The molecular formula is C30H44O6-2. The van der Waals surface area contributed by atoms with Crippen LogP contribution in [0.3, 0.4) is 0 Å². The first kappa shape index (κ1) is 28.6. The molecule has 0 amide bonds. The molecule has 36 heavy (non-hydrogen) atoms. The van der Waals surface area contributed by atoms with Crippen LogP contribution in [0.5, 0.6) is 0 Å². The van der Waals surface area contributed by atoms with Crippen molar-refractivity contribution < 1.29 is 29.3 Å². The number of epoxide rings is 2. The SMILES string of the molecule is O=C([O-])c1ccc(CCCCCCCCCC2CO2)c(CCCCCCCCCC2CO2)c1C(=O)[O-]. The van der Waals surface area contributed by atoms with Crippen molar-refractivity contribution in [1.29, 1.82) is 0 Å². The van der Waals surface area contributed by atoms with Crippen molar-refractivity contribution in [2.75, 3.05) is 13.2 Å². The molecule has 0 bridgehead atoms. The second kappa shape index (κ2) is 16.0. The molecule has 2 heterocycles. The minimum absolute atomic E-state index is 0.172. The second-order valence-electron chi connectivity index (χ2n) is 10.6. The lowest BCUT2D eigenvalue weighted by molar-refractivity contribution is -0.259. The fourth-order valence-corrected chi connectivity index (χ4v) is 5.21. The van der Waals surface area contributed by atoms with Crippen LogP contribution < -0.4 is 10.2 Å². The van der Waals surface area contributed by atoms with E-state index in [0.717, 1.165) is 57.3 Å².